The molecule has 4 nitrogen and oxygen atoms in total. The molecule has 0 bridgehead atoms. The second kappa shape index (κ2) is 7.84. The molecule has 1 aliphatic carbocycles. The monoisotopic (exact) mass is 267 g/mol. The van der Waals surface area contributed by atoms with Crippen LogP contribution in [0.2, 0.25) is 0 Å². The van der Waals surface area contributed by atoms with Gasteiger partial charge in [-0.15, -0.1) is 0 Å². The van der Waals surface area contributed by atoms with Gasteiger partial charge in [-0.25, -0.2) is 0 Å². The summed E-state index contributed by atoms with van der Waals surface area (Å²) in [6.07, 6.45) is 6.33. The molecule has 1 heterocycles. The van der Waals surface area contributed by atoms with Crippen molar-refractivity contribution in [2.75, 3.05) is 19.8 Å². The smallest absolute Gasteiger partial charge is 0.160 e. The molecule has 0 radical (unpaired) electrons. The van der Waals surface area contributed by atoms with Crippen LogP contribution in [-0.4, -0.2) is 32.2 Å². The van der Waals surface area contributed by atoms with Crippen molar-refractivity contribution in [3.05, 3.63) is 0 Å². The minimum absolute atomic E-state index is 0.0781. The maximum absolute atomic E-state index is 8.90. The lowest BCUT2D eigenvalue weighted by Gasteiger charge is -2.36. The SMILES string of the molecule is CCCCOC1COC(C2CCC(C#N)CC2)OC1. The highest BCUT2D eigenvalue weighted by Gasteiger charge is 2.32. The second-order valence-electron chi connectivity index (χ2n) is 5.62. The van der Waals surface area contributed by atoms with E-state index in [1.807, 2.05) is 0 Å². The standard InChI is InChI=1S/C15H25NO3/c1-2-3-8-17-14-10-18-15(19-11-14)13-6-4-12(9-16)5-7-13/h12-15H,2-8,10-11H2,1H3. The summed E-state index contributed by atoms with van der Waals surface area (Å²) in [5, 5.41) is 8.90. The Morgan fingerprint density at radius 3 is 2.42 bits per heavy atom. The summed E-state index contributed by atoms with van der Waals surface area (Å²) in [5.74, 6) is 0.700. The van der Waals surface area contributed by atoms with Gasteiger partial charge in [-0.05, 0) is 32.1 Å². The summed E-state index contributed by atoms with van der Waals surface area (Å²) in [7, 11) is 0. The number of nitrogens with zero attached hydrogens (tertiary/aromatic N) is 1. The fourth-order valence-corrected chi connectivity index (χ4v) is 2.78. The molecule has 1 saturated heterocycles. The van der Waals surface area contributed by atoms with E-state index in [1.54, 1.807) is 0 Å². The Bertz CT molecular complexity index is 286. The average Bonchev–Trinajstić information content (AvgIpc) is 2.48. The van der Waals surface area contributed by atoms with Gasteiger partial charge in [0.05, 0.1) is 19.3 Å². The highest BCUT2D eigenvalue weighted by atomic mass is 16.7. The van der Waals surface area contributed by atoms with E-state index in [9.17, 15) is 0 Å². The molecule has 2 aliphatic rings. The van der Waals surface area contributed by atoms with E-state index in [4.69, 9.17) is 19.5 Å². The van der Waals surface area contributed by atoms with Crippen molar-refractivity contribution in [1.29, 1.82) is 5.26 Å². The third-order valence-electron chi connectivity index (χ3n) is 4.08. The van der Waals surface area contributed by atoms with Gasteiger partial charge in [0.2, 0.25) is 0 Å². The van der Waals surface area contributed by atoms with Crippen molar-refractivity contribution in [1.82, 2.24) is 0 Å². The summed E-state index contributed by atoms with van der Waals surface area (Å²) in [4.78, 5) is 0. The molecule has 2 rings (SSSR count). The maximum atomic E-state index is 8.90. The van der Waals surface area contributed by atoms with E-state index in [0.29, 0.717) is 19.1 Å². The molecule has 108 valence electrons. The lowest BCUT2D eigenvalue weighted by atomic mass is 9.82. The number of hydrogen-bond acceptors (Lipinski definition) is 4. The fourth-order valence-electron chi connectivity index (χ4n) is 2.78. The summed E-state index contributed by atoms with van der Waals surface area (Å²) in [6.45, 7) is 4.25. The molecule has 0 spiro atoms. The van der Waals surface area contributed by atoms with Crippen LogP contribution >= 0.6 is 0 Å². The minimum atomic E-state index is -0.0781. The molecule has 0 amide bonds. The summed E-state index contributed by atoms with van der Waals surface area (Å²) in [6, 6.07) is 2.36. The fraction of sp³-hybridized carbons (Fsp3) is 0.933. The Morgan fingerprint density at radius 1 is 1.16 bits per heavy atom. The van der Waals surface area contributed by atoms with Gasteiger partial charge in [-0.1, -0.05) is 13.3 Å². The lowest BCUT2D eigenvalue weighted by Crippen LogP contribution is -2.42. The molecular weight excluding hydrogens is 242 g/mol. The highest BCUT2D eigenvalue weighted by Crippen LogP contribution is 2.33. The summed E-state index contributed by atoms with van der Waals surface area (Å²) < 4.78 is 17.3. The third kappa shape index (κ3) is 4.45. The van der Waals surface area contributed by atoms with Gasteiger partial charge in [-0.2, -0.15) is 5.26 Å². The van der Waals surface area contributed by atoms with Crippen molar-refractivity contribution in [3.63, 3.8) is 0 Å². The van der Waals surface area contributed by atoms with Crippen LogP contribution in [0.3, 0.4) is 0 Å². The zero-order valence-electron chi connectivity index (χ0n) is 11.8. The van der Waals surface area contributed by atoms with Gasteiger partial charge in [0.15, 0.2) is 6.29 Å². The largest absolute Gasteiger partial charge is 0.373 e. The molecule has 0 aromatic rings. The van der Waals surface area contributed by atoms with Crippen LogP contribution in [0.1, 0.15) is 45.4 Å². The summed E-state index contributed by atoms with van der Waals surface area (Å²) in [5.41, 5.74) is 0. The number of unbranched alkanes of at least 4 members (excludes halogenated alkanes) is 1. The normalized spacial score (nSPS) is 35.8. The lowest BCUT2D eigenvalue weighted by molar-refractivity contribution is -0.249. The predicted molar refractivity (Wildman–Crippen MR) is 71.4 cm³/mol. The molecule has 1 saturated carbocycles. The Hall–Kier alpha value is -0.630. The average molecular weight is 267 g/mol. The van der Waals surface area contributed by atoms with Crippen LogP contribution in [0.15, 0.2) is 0 Å². The Labute approximate surface area is 116 Å². The Kier molecular flexibility index (Phi) is 6.09. The van der Waals surface area contributed by atoms with E-state index in [-0.39, 0.29) is 18.3 Å². The predicted octanol–water partition coefficient (Wildman–Crippen LogP) is 2.87. The van der Waals surface area contributed by atoms with E-state index in [1.165, 1.54) is 0 Å². The van der Waals surface area contributed by atoms with Gasteiger partial charge in [0.1, 0.15) is 6.10 Å². The molecule has 0 unspecified atom stereocenters. The van der Waals surface area contributed by atoms with Crippen LogP contribution in [0, 0.1) is 23.2 Å². The Balaban J connectivity index is 1.65. The Morgan fingerprint density at radius 2 is 1.84 bits per heavy atom. The van der Waals surface area contributed by atoms with E-state index in [2.05, 4.69) is 13.0 Å². The van der Waals surface area contributed by atoms with Crippen LogP contribution in [0.5, 0.6) is 0 Å². The highest BCUT2D eigenvalue weighted by molar-refractivity contribution is 4.88. The molecule has 4 heteroatoms. The number of nitriles is 1. The first-order valence-corrected chi connectivity index (χ1v) is 7.58. The van der Waals surface area contributed by atoms with Crippen LogP contribution in [0.4, 0.5) is 0 Å². The topological polar surface area (TPSA) is 51.5 Å². The first-order valence-electron chi connectivity index (χ1n) is 7.58. The van der Waals surface area contributed by atoms with Gasteiger partial charge in [0.25, 0.3) is 0 Å². The van der Waals surface area contributed by atoms with Crippen molar-refractivity contribution in [3.8, 4) is 6.07 Å². The van der Waals surface area contributed by atoms with Gasteiger partial charge in [0, 0.05) is 18.4 Å². The minimum Gasteiger partial charge on any atom is -0.373 e. The third-order valence-corrected chi connectivity index (χ3v) is 4.08. The molecule has 0 aromatic heterocycles. The van der Waals surface area contributed by atoms with E-state index in [0.717, 1.165) is 45.1 Å². The number of ether oxygens (including phenoxy) is 3. The molecular formula is C15H25NO3. The molecule has 19 heavy (non-hydrogen) atoms. The molecule has 1 aliphatic heterocycles. The van der Waals surface area contributed by atoms with Crippen molar-refractivity contribution >= 4 is 0 Å². The number of rotatable bonds is 5. The van der Waals surface area contributed by atoms with Crippen LogP contribution in [0.25, 0.3) is 0 Å². The first kappa shape index (κ1) is 14.8. The molecule has 0 atom stereocenters. The van der Waals surface area contributed by atoms with Gasteiger partial charge < -0.3 is 14.2 Å². The van der Waals surface area contributed by atoms with Crippen LogP contribution < -0.4 is 0 Å². The van der Waals surface area contributed by atoms with Crippen molar-refractivity contribution in [2.24, 2.45) is 11.8 Å². The van der Waals surface area contributed by atoms with E-state index < -0.39 is 0 Å². The van der Waals surface area contributed by atoms with E-state index >= 15 is 0 Å². The quantitative estimate of drug-likeness (QED) is 0.719. The second-order valence-corrected chi connectivity index (χ2v) is 5.62. The zero-order valence-corrected chi connectivity index (χ0v) is 11.8. The van der Waals surface area contributed by atoms with Gasteiger partial charge in [-0.3, -0.25) is 0 Å². The zero-order chi connectivity index (χ0) is 13.5. The maximum Gasteiger partial charge on any atom is 0.160 e. The van der Waals surface area contributed by atoms with Crippen molar-refractivity contribution in [2.45, 2.75) is 57.8 Å². The van der Waals surface area contributed by atoms with Crippen molar-refractivity contribution < 1.29 is 14.2 Å². The molecule has 0 aromatic carbocycles. The first-order chi connectivity index (χ1) is 9.33. The number of hydrogen-bond donors (Lipinski definition) is 0. The van der Waals surface area contributed by atoms with Gasteiger partial charge >= 0.3 is 0 Å². The summed E-state index contributed by atoms with van der Waals surface area (Å²) >= 11 is 0. The molecule has 2 fully saturated rings. The molecule has 0 N–H and O–H groups in total. The van der Waals surface area contributed by atoms with Crippen LogP contribution in [-0.2, 0) is 14.2 Å².